The second-order valence-corrected chi connectivity index (χ2v) is 10.0. The summed E-state index contributed by atoms with van der Waals surface area (Å²) in [5.41, 5.74) is 17.7. The van der Waals surface area contributed by atoms with Crippen LogP contribution in [-0.2, 0) is 0 Å². The summed E-state index contributed by atoms with van der Waals surface area (Å²) in [7, 11) is 2.13. The zero-order valence-corrected chi connectivity index (χ0v) is 21.9. The van der Waals surface area contributed by atoms with Gasteiger partial charge in [0, 0.05) is 53.6 Å². The van der Waals surface area contributed by atoms with Crippen LogP contribution >= 0.6 is 11.6 Å². The standard InChI is InChI=1S/C29H28ClN7O/c1-17-6-9-21(30)11-23(17)27-24(28(31)38)12-25(35-27)26-20(14-34-29(32)36-26)8-7-18-4-3-5-22(10-18)33-13-19-15-37(2)16-19/h3-6,9-12,14,19,33,35H,13,15-16H2,1-2H3,(H2,31,38)(H2,32,34,36). The van der Waals surface area contributed by atoms with Gasteiger partial charge < -0.3 is 26.7 Å². The topological polar surface area (TPSA) is 126 Å². The molecule has 1 amide bonds. The Morgan fingerprint density at radius 2 is 2.03 bits per heavy atom. The Morgan fingerprint density at radius 3 is 2.79 bits per heavy atom. The largest absolute Gasteiger partial charge is 0.385 e. The lowest BCUT2D eigenvalue weighted by Crippen LogP contribution is -2.46. The summed E-state index contributed by atoms with van der Waals surface area (Å²) in [6, 6.07) is 15.1. The number of halogens is 1. The molecule has 4 aromatic rings. The first-order valence-electron chi connectivity index (χ1n) is 12.2. The summed E-state index contributed by atoms with van der Waals surface area (Å²) in [6.07, 6.45) is 1.58. The predicted molar refractivity (Wildman–Crippen MR) is 152 cm³/mol. The van der Waals surface area contributed by atoms with Crippen molar-refractivity contribution in [2.24, 2.45) is 11.7 Å². The van der Waals surface area contributed by atoms with Crippen molar-refractivity contribution in [2.45, 2.75) is 6.92 Å². The molecule has 38 heavy (non-hydrogen) atoms. The summed E-state index contributed by atoms with van der Waals surface area (Å²) >= 11 is 6.24. The van der Waals surface area contributed by atoms with Crippen molar-refractivity contribution in [3.63, 3.8) is 0 Å². The number of nitrogen functional groups attached to an aromatic ring is 1. The van der Waals surface area contributed by atoms with Crippen molar-refractivity contribution in [3.05, 3.63) is 82.0 Å². The van der Waals surface area contributed by atoms with E-state index < -0.39 is 5.91 Å². The molecule has 192 valence electrons. The van der Waals surface area contributed by atoms with E-state index in [1.165, 1.54) is 0 Å². The minimum absolute atomic E-state index is 0.0918. The Labute approximate surface area is 226 Å². The molecule has 9 heteroatoms. The molecular formula is C29H28ClN7O. The van der Waals surface area contributed by atoms with E-state index in [0.717, 1.165) is 42.0 Å². The van der Waals surface area contributed by atoms with Crippen molar-refractivity contribution in [3.8, 4) is 34.5 Å². The maximum Gasteiger partial charge on any atom is 0.250 e. The molecular weight excluding hydrogens is 498 g/mol. The lowest BCUT2D eigenvalue weighted by atomic mass is 10.0. The van der Waals surface area contributed by atoms with Gasteiger partial charge in [0.25, 0.3) is 5.91 Å². The Bertz CT molecular complexity index is 1580. The molecule has 0 radical (unpaired) electrons. The zero-order chi connectivity index (χ0) is 26.8. The molecule has 0 bridgehead atoms. The molecule has 8 nitrogen and oxygen atoms in total. The summed E-state index contributed by atoms with van der Waals surface area (Å²) in [5, 5.41) is 4.05. The van der Waals surface area contributed by atoms with Gasteiger partial charge in [0.2, 0.25) is 5.95 Å². The highest BCUT2D eigenvalue weighted by molar-refractivity contribution is 6.31. The van der Waals surface area contributed by atoms with Crippen molar-refractivity contribution >= 4 is 29.1 Å². The number of hydrogen-bond acceptors (Lipinski definition) is 6. The highest BCUT2D eigenvalue weighted by Gasteiger charge is 2.22. The number of nitrogens with zero attached hydrogens (tertiary/aromatic N) is 3. The van der Waals surface area contributed by atoms with E-state index in [1.807, 2.05) is 37.3 Å². The van der Waals surface area contributed by atoms with Crippen molar-refractivity contribution in [1.29, 1.82) is 0 Å². The number of carbonyl (C=O) groups excluding carboxylic acids is 1. The van der Waals surface area contributed by atoms with Crippen LogP contribution in [0.5, 0.6) is 0 Å². The monoisotopic (exact) mass is 525 g/mol. The van der Waals surface area contributed by atoms with Crippen LogP contribution in [0.2, 0.25) is 5.02 Å². The summed E-state index contributed by atoms with van der Waals surface area (Å²) in [6.45, 7) is 5.09. The molecule has 1 fully saturated rings. The number of aromatic nitrogens is 3. The van der Waals surface area contributed by atoms with Crippen LogP contribution in [0.3, 0.4) is 0 Å². The van der Waals surface area contributed by atoms with Gasteiger partial charge in [0.05, 0.1) is 22.5 Å². The summed E-state index contributed by atoms with van der Waals surface area (Å²) in [4.78, 5) is 26.5. The van der Waals surface area contributed by atoms with E-state index >= 15 is 0 Å². The van der Waals surface area contributed by atoms with Gasteiger partial charge in [0.15, 0.2) is 0 Å². The summed E-state index contributed by atoms with van der Waals surface area (Å²) in [5.74, 6) is 6.56. The fraction of sp³-hybridized carbons (Fsp3) is 0.207. The number of carbonyl (C=O) groups is 1. The highest BCUT2D eigenvalue weighted by Crippen LogP contribution is 2.33. The number of primary amides is 1. The van der Waals surface area contributed by atoms with E-state index in [1.54, 1.807) is 24.4 Å². The number of aryl methyl sites for hydroxylation is 1. The second kappa shape index (κ2) is 10.6. The zero-order valence-electron chi connectivity index (χ0n) is 21.2. The van der Waals surface area contributed by atoms with E-state index in [4.69, 9.17) is 23.1 Å². The third-order valence-electron chi connectivity index (χ3n) is 6.55. The van der Waals surface area contributed by atoms with Crippen LogP contribution < -0.4 is 16.8 Å². The number of rotatable bonds is 6. The van der Waals surface area contributed by atoms with E-state index in [9.17, 15) is 4.79 Å². The first kappa shape index (κ1) is 25.3. The SMILES string of the molecule is Cc1ccc(Cl)cc1-c1[nH]c(-c2nc(N)ncc2C#Cc2cccc(NCC3CN(C)C3)c2)cc1C(N)=O. The van der Waals surface area contributed by atoms with E-state index in [2.05, 4.69) is 44.1 Å². The van der Waals surface area contributed by atoms with Crippen molar-refractivity contribution in [1.82, 2.24) is 19.9 Å². The first-order chi connectivity index (χ1) is 18.3. The lowest BCUT2D eigenvalue weighted by Gasteiger charge is -2.36. The third-order valence-corrected chi connectivity index (χ3v) is 6.79. The minimum atomic E-state index is -0.575. The Hall–Kier alpha value is -4.32. The molecule has 0 spiro atoms. The van der Waals surface area contributed by atoms with Gasteiger partial charge in [0.1, 0.15) is 5.69 Å². The predicted octanol–water partition coefficient (Wildman–Crippen LogP) is 4.15. The van der Waals surface area contributed by atoms with Crippen LogP contribution in [0.15, 0.2) is 54.7 Å². The number of hydrogen-bond donors (Lipinski definition) is 4. The van der Waals surface area contributed by atoms with Gasteiger partial charge in [-0.3, -0.25) is 4.79 Å². The maximum atomic E-state index is 12.3. The first-order valence-corrected chi connectivity index (χ1v) is 12.6. The highest BCUT2D eigenvalue weighted by atomic mass is 35.5. The number of nitrogens with one attached hydrogen (secondary N) is 2. The number of amides is 1. The minimum Gasteiger partial charge on any atom is -0.385 e. The van der Waals surface area contributed by atoms with Gasteiger partial charge in [-0.15, -0.1) is 0 Å². The van der Waals surface area contributed by atoms with Gasteiger partial charge in [-0.05, 0) is 55.9 Å². The number of benzene rings is 2. The van der Waals surface area contributed by atoms with E-state index in [0.29, 0.717) is 39.1 Å². The molecule has 0 saturated carbocycles. The second-order valence-electron chi connectivity index (χ2n) is 9.58. The molecule has 2 aromatic heterocycles. The Kier molecular flexibility index (Phi) is 7.05. The molecule has 1 saturated heterocycles. The van der Waals surface area contributed by atoms with Crippen LogP contribution in [-0.4, -0.2) is 52.4 Å². The van der Waals surface area contributed by atoms with Gasteiger partial charge in [-0.25, -0.2) is 9.97 Å². The average Bonchev–Trinajstić information content (AvgIpc) is 3.32. The average molecular weight is 526 g/mol. The molecule has 0 unspecified atom stereocenters. The van der Waals surface area contributed by atoms with Crippen LogP contribution in [0.25, 0.3) is 22.6 Å². The molecule has 2 aromatic carbocycles. The molecule has 0 atom stereocenters. The third kappa shape index (κ3) is 5.49. The maximum absolute atomic E-state index is 12.3. The quantitative estimate of drug-likeness (QED) is 0.280. The van der Waals surface area contributed by atoms with Crippen molar-refractivity contribution in [2.75, 3.05) is 37.7 Å². The van der Waals surface area contributed by atoms with Gasteiger partial charge in [-0.2, -0.15) is 0 Å². The molecule has 0 aliphatic carbocycles. The van der Waals surface area contributed by atoms with Crippen molar-refractivity contribution < 1.29 is 4.79 Å². The molecule has 1 aliphatic rings. The van der Waals surface area contributed by atoms with Crippen LogP contribution in [0.1, 0.15) is 27.0 Å². The lowest BCUT2D eigenvalue weighted by molar-refractivity contribution is 0.100. The molecule has 1 aliphatic heterocycles. The Balaban J connectivity index is 1.48. The molecule has 5 rings (SSSR count). The van der Waals surface area contributed by atoms with Crippen LogP contribution in [0.4, 0.5) is 11.6 Å². The normalized spacial score (nSPS) is 13.4. The van der Waals surface area contributed by atoms with Gasteiger partial charge in [-0.1, -0.05) is 35.6 Å². The number of anilines is 2. The van der Waals surface area contributed by atoms with E-state index in [-0.39, 0.29) is 5.95 Å². The number of nitrogens with two attached hydrogens (primary N) is 2. The fourth-order valence-corrected chi connectivity index (χ4v) is 4.78. The van der Waals surface area contributed by atoms with Crippen LogP contribution in [0, 0.1) is 24.7 Å². The number of H-pyrrole nitrogens is 1. The smallest absolute Gasteiger partial charge is 0.250 e. The number of likely N-dealkylation sites (tertiary alicyclic amines) is 1. The Morgan fingerprint density at radius 1 is 1.21 bits per heavy atom. The number of aromatic amines is 1. The fourth-order valence-electron chi connectivity index (χ4n) is 4.61. The molecule has 3 heterocycles. The molecule has 6 N–H and O–H groups in total. The van der Waals surface area contributed by atoms with Gasteiger partial charge >= 0.3 is 0 Å². The summed E-state index contributed by atoms with van der Waals surface area (Å²) < 4.78 is 0.